The second-order valence-corrected chi connectivity index (χ2v) is 13.6. The summed E-state index contributed by atoms with van der Waals surface area (Å²) < 4.78 is 11.9. The van der Waals surface area contributed by atoms with E-state index >= 15 is 0 Å². The zero-order chi connectivity index (χ0) is 33.6. The number of rotatable bonds is 27. The van der Waals surface area contributed by atoms with Gasteiger partial charge in [0.05, 0.1) is 12.2 Å². The summed E-state index contributed by atoms with van der Waals surface area (Å²) in [6.07, 6.45) is 55.9. The number of ether oxygens (including phenoxy) is 2. The Bertz CT molecular complexity index is 676. The molecule has 0 radical (unpaired) electrons. The minimum absolute atomic E-state index is 0.108. The first kappa shape index (κ1) is 44.9. The van der Waals surface area contributed by atoms with Crippen molar-refractivity contribution in [2.75, 3.05) is 0 Å². The zero-order valence-corrected chi connectivity index (χ0v) is 32.0. The van der Waals surface area contributed by atoms with Gasteiger partial charge in [0.2, 0.25) is 0 Å². The summed E-state index contributed by atoms with van der Waals surface area (Å²) >= 11 is 0. The van der Waals surface area contributed by atoms with Gasteiger partial charge in [-0.1, -0.05) is 167 Å². The van der Waals surface area contributed by atoms with E-state index in [0.717, 1.165) is 19.3 Å². The average Bonchev–Trinajstić information content (AvgIpc) is 3.68. The molecule has 270 valence electrons. The third kappa shape index (κ3) is 31.5. The number of allylic oxidation sites excluding steroid dienone is 8. The van der Waals surface area contributed by atoms with Gasteiger partial charge in [0.15, 0.2) is 6.29 Å². The van der Waals surface area contributed by atoms with E-state index in [2.05, 4.69) is 83.2 Å². The van der Waals surface area contributed by atoms with Crippen LogP contribution in [-0.4, -0.2) is 18.5 Å². The van der Waals surface area contributed by atoms with Crippen LogP contribution in [0.2, 0.25) is 0 Å². The van der Waals surface area contributed by atoms with Crippen molar-refractivity contribution in [3.05, 3.63) is 48.6 Å². The van der Waals surface area contributed by atoms with E-state index in [-0.39, 0.29) is 6.29 Å². The average molecular weight is 643 g/mol. The van der Waals surface area contributed by atoms with Crippen LogP contribution in [0.5, 0.6) is 0 Å². The lowest BCUT2D eigenvalue weighted by molar-refractivity contribution is -0.0775. The molecule has 2 atom stereocenters. The largest absolute Gasteiger partial charge is 0.347 e. The summed E-state index contributed by atoms with van der Waals surface area (Å²) in [4.78, 5) is 0. The monoisotopic (exact) mass is 643 g/mol. The Morgan fingerprint density at radius 3 is 1.15 bits per heavy atom. The second-order valence-electron chi connectivity index (χ2n) is 13.6. The minimum atomic E-state index is 0.108. The van der Waals surface area contributed by atoms with Crippen molar-refractivity contribution in [3.8, 4) is 0 Å². The van der Waals surface area contributed by atoms with Gasteiger partial charge in [0.25, 0.3) is 0 Å². The highest BCUT2D eigenvalue weighted by Gasteiger charge is 2.38. The highest BCUT2D eigenvalue weighted by atomic mass is 16.7. The van der Waals surface area contributed by atoms with Crippen LogP contribution in [0.1, 0.15) is 214 Å². The van der Waals surface area contributed by atoms with E-state index in [1.807, 2.05) is 0 Å². The van der Waals surface area contributed by atoms with E-state index in [4.69, 9.17) is 9.47 Å². The standard InChI is InChI=1S/C24H42O2.C16H30.C4H10/c1-2-3-4-5-6-7-8-9-10-11-12-13-14-15-16-17-21-24-25-22-19-18-20-23(22)26-24;1-3-5-7-9-11-13-15-16-14-12-10-8-6-4-2;1-3-4-2/h6-7,9-10,22-24H,2-5,8,11-21H2,1H3;11,13-14,16H,3-10,12,15H2,1-2H3;3-4H2,1-2H3/b7-6-,10-9-;13-11-,16-14-;. The molecule has 0 aromatic carbocycles. The quantitative estimate of drug-likeness (QED) is 0.0655. The molecule has 0 spiro atoms. The normalized spacial score (nSPS) is 19.3. The number of hydrogen-bond donors (Lipinski definition) is 0. The molecule has 0 N–H and O–H groups in total. The minimum Gasteiger partial charge on any atom is -0.347 e. The Hall–Kier alpha value is -1.12. The lowest BCUT2D eigenvalue weighted by Crippen LogP contribution is -2.13. The van der Waals surface area contributed by atoms with Crippen LogP contribution >= 0.6 is 0 Å². The third-order valence-electron chi connectivity index (χ3n) is 8.99. The van der Waals surface area contributed by atoms with E-state index < -0.39 is 0 Å². The molecule has 2 nitrogen and oxygen atoms in total. The molecule has 1 aliphatic carbocycles. The predicted octanol–water partition coefficient (Wildman–Crippen LogP) is 15.3. The van der Waals surface area contributed by atoms with Crippen molar-refractivity contribution in [2.45, 2.75) is 233 Å². The van der Waals surface area contributed by atoms with Crippen LogP contribution in [-0.2, 0) is 9.47 Å². The Kier molecular flexibility index (Phi) is 37.4. The Balaban J connectivity index is 0.000000865. The van der Waals surface area contributed by atoms with E-state index in [9.17, 15) is 0 Å². The lowest BCUT2D eigenvalue weighted by atomic mass is 10.1. The van der Waals surface area contributed by atoms with Gasteiger partial charge in [0.1, 0.15) is 0 Å². The summed E-state index contributed by atoms with van der Waals surface area (Å²) in [6, 6.07) is 0. The summed E-state index contributed by atoms with van der Waals surface area (Å²) in [7, 11) is 0. The van der Waals surface area contributed by atoms with Crippen molar-refractivity contribution < 1.29 is 9.47 Å². The maximum atomic E-state index is 5.97. The van der Waals surface area contributed by atoms with Crippen LogP contribution in [0.15, 0.2) is 48.6 Å². The SMILES string of the molecule is CCCC.CCCCC/C=C\C/C=C\CCCCCC.CCCCC/C=C\C/C=C\CCCCCCCCC1OC2CCCC2O1. The molecule has 46 heavy (non-hydrogen) atoms. The maximum Gasteiger partial charge on any atom is 0.158 e. The number of fused-ring (bicyclic) bond motifs is 1. The topological polar surface area (TPSA) is 18.5 Å². The third-order valence-corrected chi connectivity index (χ3v) is 8.99. The van der Waals surface area contributed by atoms with Gasteiger partial charge in [-0.3, -0.25) is 0 Å². The first-order chi connectivity index (χ1) is 22.7. The molecule has 0 amide bonds. The van der Waals surface area contributed by atoms with E-state index in [1.54, 1.807) is 0 Å². The van der Waals surface area contributed by atoms with Gasteiger partial charge in [0, 0.05) is 0 Å². The van der Waals surface area contributed by atoms with Crippen LogP contribution in [0.3, 0.4) is 0 Å². The molecule has 2 aliphatic rings. The van der Waals surface area contributed by atoms with Crippen LogP contribution in [0, 0.1) is 0 Å². The van der Waals surface area contributed by atoms with Crippen molar-refractivity contribution in [1.82, 2.24) is 0 Å². The number of hydrogen-bond acceptors (Lipinski definition) is 2. The molecule has 2 rings (SSSR count). The molecular weight excluding hydrogens is 560 g/mol. The first-order valence-electron chi connectivity index (χ1n) is 20.6. The maximum absolute atomic E-state index is 5.97. The fourth-order valence-corrected chi connectivity index (χ4v) is 5.77. The predicted molar refractivity (Wildman–Crippen MR) is 208 cm³/mol. The molecule has 1 aliphatic heterocycles. The summed E-state index contributed by atoms with van der Waals surface area (Å²) in [5.74, 6) is 0. The van der Waals surface area contributed by atoms with Gasteiger partial charge in [-0.25, -0.2) is 0 Å². The Morgan fingerprint density at radius 2 is 0.739 bits per heavy atom. The summed E-state index contributed by atoms with van der Waals surface area (Å²) in [5, 5.41) is 0. The van der Waals surface area contributed by atoms with Crippen LogP contribution < -0.4 is 0 Å². The van der Waals surface area contributed by atoms with Crippen LogP contribution in [0.25, 0.3) is 0 Å². The van der Waals surface area contributed by atoms with Crippen molar-refractivity contribution in [1.29, 1.82) is 0 Å². The fraction of sp³-hybridized carbons (Fsp3) is 0.818. The van der Waals surface area contributed by atoms with Gasteiger partial charge in [-0.15, -0.1) is 0 Å². The summed E-state index contributed by atoms with van der Waals surface area (Å²) in [5.41, 5.74) is 0. The van der Waals surface area contributed by atoms with Gasteiger partial charge in [-0.05, 0) is 96.3 Å². The lowest BCUT2D eigenvalue weighted by Gasteiger charge is -2.11. The van der Waals surface area contributed by atoms with Gasteiger partial charge < -0.3 is 9.47 Å². The van der Waals surface area contributed by atoms with Gasteiger partial charge >= 0.3 is 0 Å². The van der Waals surface area contributed by atoms with Crippen molar-refractivity contribution in [3.63, 3.8) is 0 Å². The molecule has 1 saturated carbocycles. The molecule has 1 saturated heterocycles. The highest BCUT2D eigenvalue weighted by Crippen LogP contribution is 2.34. The molecule has 2 heteroatoms. The zero-order valence-electron chi connectivity index (χ0n) is 32.0. The van der Waals surface area contributed by atoms with Crippen molar-refractivity contribution in [2.24, 2.45) is 0 Å². The van der Waals surface area contributed by atoms with Gasteiger partial charge in [-0.2, -0.15) is 0 Å². The Morgan fingerprint density at radius 1 is 0.391 bits per heavy atom. The van der Waals surface area contributed by atoms with E-state index in [1.165, 1.54) is 161 Å². The molecule has 2 unspecified atom stereocenters. The first-order valence-corrected chi connectivity index (χ1v) is 20.6. The second kappa shape index (κ2) is 38.3. The fourth-order valence-electron chi connectivity index (χ4n) is 5.77. The van der Waals surface area contributed by atoms with Crippen LogP contribution in [0.4, 0.5) is 0 Å². The smallest absolute Gasteiger partial charge is 0.158 e. The molecule has 2 fully saturated rings. The highest BCUT2D eigenvalue weighted by molar-refractivity contribution is 4.93. The summed E-state index contributed by atoms with van der Waals surface area (Å²) in [6.45, 7) is 11.1. The number of unbranched alkanes of at least 4 members (excludes halogenated alkanes) is 17. The molecule has 0 aromatic heterocycles. The molecule has 0 bridgehead atoms. The van der Waals surface area contributed by atoms with E-state index in [0.29, 0.717) is 12.2 Å². The van der Waals surface area contributed by atoms with Crippen molar-refractivity contribution >= 4 is 0 Å². The molecule has 1 heterocycles. The Labute approximate surface area is 290 Å². The molecule has 0 aromatic rings. The molecular formula is C44H82O2.